The highest BCUT2D eigenvalue weighted by atomic mass is 16.2. The van der Waals surface area contributed by atoms with Gasteiger partial charge in [0.25, 0.3) is 0 Å². The minimum absolute atomic E-state index is 0.154. The van der Waals surface area contributed by atoms with Crippen LogP contribution in [-0.4, -0.2) is 34.2 Å². The van der Waals surface area contributed by atoms with Crippen LogP contribution in [0.4, 0.5) is 0 Å². The van der Waals surface area contributed by atoms with Gasteiger partial charge in [-0.1, -0.05) is 20.3 Å². The predicted octanol–water partition coefficient (Wildman–Crippen LogP) is 2.27. The Labute approximate surface area is 115 Å². The van der Waals surface area contributed by atoms with E-state index >= 15 is 0 Å². The molecule has 1 amide bonds. The summed E-state index contributed by atoms with van der Waals surface area (Å²) < 4.78 is 1.83. The Hall–Kier alpha value is -1.32. The molecule has 4 heteroatoms. The normalized spacial score (nSPS) is 18.2. The minimum Gasteiger partial charge on any atom is -0.344 e. The van der Waals surface area contributed by atoms with E-state index in [-0.39, 0.29) is 5.91 Å². The van der Waals surface area contributed by atoms with Crippen LogP contribution in [0, 0.1) is 5.92 Å². The van der Waals surface area contributed by atoms with E-state index in [9.17, 15) is 4.79 Å². The second-order valence-corrected chi connectivity index (χ2v) is 5.82. The van der Waals surface area contributed by atoms with Gasteiger partial charge in [-0.3, -0.25) is 9.48 Å². The van der Waals surface area contributed by atoms with Crippen LogP contribution in [0.1, 0.15) is 44.4 Å². The van der Waals surface area contributed by atoms with Crippen molar-refractivity contribution >= 4 is 5.91 Å². The summed E-state index contributed by atoms with van der Waals surface area (Å²) in [4.78, 5) is 13.9. The van der Waals surface area contributed by atoms with Gasteiger partial charge in [0.2, 0.25) is 5.91 Å². The number of carbonyl (C=O) groups is 1. The molecular formula is C15H25N3O. The number of hydrogen-bond acceptors (Lipinski definition) is 2. The molecule has 2 rings (SSSR count). The molecular weight excluding hydrogens is 238 g/mol. The summed E-state index contributed by atoms with van der Waals surface area (Å²) in [6.07, 6.45) is 7.63. The highest BCUT2D eigenvalue weighted by Crippen LogP contribution is 2.23. The van der Waals surface area contributed by atoms with Crippen molar-refractivity contribution in [1.82, 2.24) is 14.7 Å². The summed E-state index contributed by atoms with van der Waals surface area (Å²) in [7, 11) is 1.88. The van der Waals surface area contributed by atoms with E-state index < -0.39 is 0 Å². The van der Waals surface area contributed by atoms with Gasteiger partial charge in [0.05, 0.1) is 5.69 Å². The Morgan fingerprint density at radius 2 is 2.37 bits per heavy atom. The first-order chi connectivity index (χ1) is 9.10. The summed E-state index contributed by atoms with van der Waals surface area (Å²) in [6, 6.07) is 0. The van der Waals surface area contributed by atoms with Crippen molar-refractivity contribution in [3.05, 3.63) is 17.5 Å². The number of aromatic nitrogens is 2. The number of unbranched alkanes of at least 4 members (excludes halogenated alkanes) is 1. The summed E-state index contributed by atoms with van der Waals surface area (Å²) in [5.74, 6) is 0.898. The van der Waals surface area contributed by atoms with E-state index in [0.717, 1.165) is 38.1 Å². The lowest BCUT2D eigenvalue weighted by Gasteiger charge is -2.16. The van der Waals surface area contributed by atoms with Gasteiger partial charge in [-0.15, -0.1) is 0 Å². The van der Waals surface area contributed by atoms with E-state index in [4.69, 9.17) is 0 Å². The van der Waals surface area contributed by atoms with E-state index in [1.165, 1.54) is 17.7 Å². The molecule has 0 saturated heterocycles. The molecule has 1 aromatic rings. The van der Waals surface area contributed by atoms with Gasteiger partial charge in [-0.05, 0) is 37.2 Å². The molecule has 19 heavy (non-hydrogen) atoms. The summed E-state index contributed by atoms with van der Waals surface area (Å²) in [6.45, 7) is 5.64. The number of hydrogen-bond donors (Lipinski definition) is 0. The summed E-state index contributed by atoms with van der Waals surface area (Å²) in [5.41, 5.74) is 2.53. The number of aryl methyl sites for hydroxylation is 1. The van der Waals surface area contributed by atoms with Crippen LogP contribution < -0.4 is 0 Å². The largest absolute Gasteiger partial charge is 0.344 e. The zero-order chi connectivity index (χ0) is 13.8. The van der Waals surface area contributed by atoms with Crippen LogP contribution in [0.3, 0.4) is 0 Å². The second-order valence-electron chi connectivity index (χ2n) is 5.82. The molecule has 4 nitrogen and oxygen atoms in total. The van der Waals surface area contributed by atoms with Gasteiger partial charge in [-0.25, -0.2) is 0 Å². The number of fused-ring (bicyclic) bond motifs is 1. The number of carbonyl (C=O) groups excluding carboxylic acids is 1. The fourth-order valence-electron chi connectivity index (χ4n) is 2.60. The minimum atomic E-state index is 0.154. The molecule has 106 valence electrons. The lowest BCUT2D eigenvalue weighted by molar-refractivity contribution is -0.130. The zero-order valence-electron chi connectivity index (χ0n) is 12.4. The first kappa shape index (κ1) is 14.1. The van der Waals surface area contributed by atoms with Gasteiger partial charge < -0.3 is 4.90 Å². The van der Waals surface area contributed by atoms with E-state index in [1.807, 2.05) is 16.6 Å². The molecule has 0 spiro atoms. The average molecular weight is 263 g/mol. The Kier molecular flexibility index (Phi) is 4.61. The van der Waals surface area contributed by atoms with Gasteiger partial charge in [-0.2, -0.15) is 5.10 Å². The lowest BCUT2D eigenvalue weighted by atomic mass is 9.89. The lowest BCUT2D eigenvalue weighted by Crippen LogP contribution is -2.31. The summed E-state index contributed by atoms with van der Waals surface area (Å²) >= 11 is 0. The van der Waals surface area contributed by atoms with Crippen molar-refractivity contribution in [2.45, 2.75) is 52.5 Å². The number of nitrogens with zero attached hydrogens (tertiary/aromatic N) is 3. The number of amides is 1. The van der Waals surface area contributed by atoms with Crippen LogP contribution in [0.25, 0.3) is 0 Å². The quantitative estimate of drug-likeness (QED) is 0.817. The predicted molar refractivity (Wildman–Crippen MR) is 76.0 cm³/mol. The van der Waals surface area contributed by atoms with Crippen molar-refractivity contribution < 1.29 is 4.79 Å². The summed E-state index contributed by atoms with van der Waals surface area (Å²) in [5, 5.41) is 4.56. The van der Waals surface area contributed by atoms with Gasteiger partial charge in [0.15, 0.2) is 0 Å². The van der Waals surface area contributed by atoms with Gasteiger partial charge in [0, 0.05) is 19.8 Å². The second kappa shape index (κ2) is 6.22. The highest BCUT2D eigenvalue weighted by Gasteiger charge is 2.19. The van der Waals surface area contributed by atoms with Crippen molar-refractivity contribution in [3.8, 4) is 0 Å². The van der Waals surface area contributed by atoms with Gasteiger partial charge in [0.1, 0.15) is 6.54 Å². The topological polar surface area (TPSA) is 38.1 Å². The Morgan fingerprint density at radius 3 is 3.11 bits per heavy atom. The third-order valence-electron chi connectivity index (χ3n) is 3.94. The average Bonchev–Trinajstić information content (AvgIpc) is 2.77. The Bertz CT molecular complexity index is 439. The Morgan fingerprint density at radius 1 is 1.58 bits per heavy atom. The molecule has 0 aromatic carbocycles. The maximum Gasteiger partial charge on any atom is 0.244 e. The van der Waals surface area contributed by atoms with Crippen LogP contribution in [0.15, 0.2) is 6.20 Å². The first-order valence-electron chi connectivity index (χ1n) is 7.39. The molecule has 1 heterocycles. The van der Waals surface area contributed by atoms with E-state index in [0.29, 0.717) is 6.54 Å². The monoisotopic (exact) mass is 263 g/mol. The fraction of sp³-hybridized carbons (Fsp3) is 0.733. The van der Waals surface area contributed by atoms with Crippen LogP contribution in [0.2, 0.25) is 0 Å². The molecule has 1 atom stereocenters. The van der Waals surface area contributed by atoms with Crippen LogP contribution in [-0.2, 0) is 24.2 Å². The fourth-order valence-corrected chi connectivity index (χ4v) is 2.60. The third kappa shape index (κ3) is 3.58. The molecule has 1 aromatic heterocycles. The smallest absolute Gasteiger partial charge is 0.244 e. The first-order valence-corrected chi connectivity index (χ1v) is 7.39. The van der Waals surface area contributed by atoms with Crippen LogP contribution >= 0.6 is 0 Å². The highest BCUT2D eigenvalue weighted by molar-refractivity contribution is 5.75. The molecule has 0 aliphatic heterocycles. The van der Waals surface area contributed by atoms with Crippen LogP contribution in [0.5, 0.6) is 0 Å². The molecule has 1 aliphatic carbocycles. The standard InChI is InChI=1S/C15H25N3O/c1-4-5-8-17(3)15(19)11-18-10-13-9-12(2)6-7-14(13)16-18/h10,12H,4-9,11H2,1-3H3. The molecule has 0 N–H and O–H groups in total. The third-order valence-corrected chi connectivity index (χ3v) is 3.94. The van der Waals surface area contributed by atoms with Crippen molar-refractivity contribution in [2.24, 2.45) is 5.92 Å². The van der Waals surface area contributed by atoms with E-state index in [1.54, 1.807) is 0 Å². The van der Waals surface area contributed by atoms with Gasteiger partial charge >= 0.3 is 0 Å². The number of likely N-dealkylation sites (N-methyl/N-ethyl adjacent to an activating group) is 1. The zero-order valence-corrected chi connectivity index (χ0v) is 12.4. The maximum absolute atomic E-state index is 12.1. The molecule has 0 saturated carbocycles. The maximum atomic E-state index is 12.1. The molecule has 1 unspecified atom stereocenters. The van der Waals surface area contributed by atoms with Crippen molar-refractivity contribution in [3.63, 3.8) is 0 Å². The molecule has 0 bridgehead atoms. The molecule has 0 radical (unpaired) electrons. The van der Waals surface area contributed by atoms with Crippen molar-refractivity contribution in [2.75, 3.05) is 13.6 Å². The van der Waals surface area contributed by atoms with Crippen molar-refractivity contribution in [1.29, 1.82) is 0 Å². The Balaban J connectivity index is 1.94. The SMILES string of the molecule is CCCCN(C)C(=O)Cn1cc2c(n1)CCC(C)C2. The van der Waals surface area contributed by atoms with E-state index in [2.05, 4.69) is 25.1 Å². The number of rotatable bonds is 5. The molecule has 1 aliphatic rings. The molecule has 0 fully saturated rings.